The number of nitro groups is 1. The molecule has 1 aliphatic heterocycles. The summed E-state index contributed by atoms with van der Waals surface area (Å²) in [5.41, 5.74) is 2.62. The maximum Gasteiger partial charge on any atom is 0.284 e. The average Bonchev–Trinajstić information content (AvgIpc) is 2.92. The number of benzene rings is 1. The van der Waals surface area contributed by atoms with E-state index in [2.05, 4.69) is 30.6 Å². The molecule has 0 bridgehead atoms. The second-order valence-electron chi connectivity index (χ2n) is 5.05. The first-order valence-electron chi connectivity index (χ1n) is 7.40. The maximum absolute atomic E-state index is 12.6. The van der Waals surface area contributed by atoms with E-state index in [9.17, 15) is 14.9 Å². The summed E-state index contributed by atoms with van der Waals surface area (Å²) >= 11 is 17.5. The van der Waals surface area contributed by atoms with Crippen molar-refractivity contribution >= 4 is 74.7 Å². The lowest BCUT2D eigenvalue weighted by Gasteiger charge is -2.15. The van der Waals surface area contributed by atoms with Crippen LogP contribution in [0.3, 0.4) is 0 Å². The van der Waals surface area contributed by atoms with Crippen LogP contribution >= 0.6 is 47.2 Å². The first-order valence-corrected chi connectivity index (χ1v) is 9.44. The highest BCUT2D eigenvalue weighted by Crippen LogP contribution is 2.34. The van der Waals surface area contributed by atoms with E-state index >= 15 is 0 Å². The van der Waals surface area contributed by atoms with E-state index in [1.54, 1.807) is 0 Å². The lowest BCUT2D eigenvalue weighted by atomic mass is 10.2. The van der Waals surface area contributed by atoms with E-state index in [4.69, 9.17) is 40.2 Å². The number of hydrazine groups is 1. The van der Waals surface area contributed by atoms with Crippen LogP contribution in [0.15, 0.2) is 28.4 Å². The van der Waals surface area contributed by atoms with E-state index in [1.165, 1.54) is 25.3 Å². The Morgan fingerprint density at radius 1 is 1.34 bits per heavy atom. The van der Waals surface area contributed by atoms with Gasteiger partial charge in [-0.15, -0.1) is 0 Å². The Bertz CT molecular complexity index is 1020. The topological polar surface area (TPSA) is 148 Å². The van der Waals surface area contributed by atoms with Crippen LogP contribution in [0.25, 0.3) is 0 Å². The number of hydrogen-bond donors (Lipinski definition) is 1. The molecule has 0 saturated carbocycles. The molecule has 150 valence electrons. The molecule has 0 radical (unpaired) electrons. The molecule has 1 fully saturated rings. The van der Waals surface area contributed by atoms with Crippen molar-refractivity contribution in [2.24, 2.45) is 10.2 Å². The van der Waals surface area contributed by atoms with Crippen molar-refractivity contribution in [3.8, 4) is 5.75 Å². The Kier molecular flexibility index (Phi) is 6.36. The van der Waals surface area contributed by atoms with Gasteiger partial charge >= 0.3 is 0 Å². The third-order valence-electron chi connectivity index (χ3n) is 3.26. The molecule has 1 aliphatic rings. The van der Waals surface area contributed by atoms with Crippen LogP contribution in [0.4, 0.5) is 17.3 Å². The average molecular weight is 475 g/mol. The highest BCUT2D eigenvalue weighted by molar-refractivity contribution is 8.24. The number of carbonyl (C=O) groups is 1. The number of amides is 1. The fourth-order valence-electron chi connectivity index (χ4n) is 2.03. The summed E-state index contributed by atoms with van der Waals surface area (Å²) in [4.78, 5) is 34.0. The number of nitro benzene ring substituents is 1. The number of thioether (sulfide) groups is 1. The number of aromatic nitrogens is 3. The molecule has 16 heteroatoms. The van der Waals surface area contributed by atoms with Crippen molar-refractivity contribution < 1.29 is 14.5 Å². The van der Waals surface area contributed by atoms with Gasteiger partial charge in [-0.1, -0.05) is 24.0 Å². The number of azo groups is 1. The molecule has 1 unspecified atom stereocenters. The molecular weight excluding hydrogens is 467 g/mol. The quantitative estimate of drug-likeness (QED) is 0.285. The number of ether oxygens (including phenoxy) is 1. The van der Waals surface area contributed by atoms with Gasteiger partial charge in [-0.2, -0.15) is 25.2 Å². The number of methoxy groups -OCH3 is 1. The minimum Gasteiger partial charge on any atom is -0.494 e. The zero-order valence-electron chi connectivity index (χ0n) is 14.1. The number of nitrogens with one attached hydrogen (secondary N) is 1. The molecule has 2 aromatic rings. The number of halogens is 2. The summed E-state index contributed by atoms with van der Waals surface area (Å²) in [7, 11) is 1.33. The Morgan fingerprint density at radius 2 is 2.03 bits per heavy atom. The SMILES string of the molecule is COc1cc([N+](=O)[O-])ccc1N=NC1SC(=S)N(Nc2nc(Cl)nc(Cl)n2)C1=O. The standard InChI is InChI=1S/C13H8Cl2N8O4S2/c1-27-7-4-5(23(25)26)2-3-6(7)19-20-8-9(24)22(13(28)29-8)21-12-17-10(14)16-11(15)18-12/h2-4,8H,1H3,(H,16,17,18,21). The molecule has 29 heavy (non-hydrogen) atoms. The Balaban J connectivity index is 1.77. The molecule has 1 N–H and O–H groups in total. The number of nitrogens with zero attached hydrogens (tertiary/aromatic N) is 7. The molecular formula is C13H8Cl2N8O4S2. The van der Waals surface area contributed by atoms with Gasteiger partial charge in [0.1, 0.15) is 5.69 Å². The zero-order valence-corrected chi connectivity index (χ0v) is 17.3. The van der Waals surface area contributed by atoms with Crippen molar-refractivity contribution in [2.75, 3.05) is 12.5 Å². The number of thiocarbonyl (C=S) groups is 1. The fraction of sp³-hybridized carbons (Fsp3) is 0.154. The third kappa shape index (κ3) is 4.84. The lowest BCUT2D eigenvalue weighted by Crippen LogP contribution is -2.36. The summed E-state index contributed by atoms with van der Waals surface area (Å²) < 4.78 is 5.22. The first-order chi connectivity index (χ1) is 13.8. The van der Waals surface area contributed by atoms with Crippen LogP contribution in [0.2, 0.25) is 10.6 Å². The van der Waals surface area contributed by atoms with Crippen LogP contribution < -0.4 is 10.2 Å². The summed E-state index contributed by atoms with van der Waals surface area (Å²) in [5, 5.41) is 18.4. The second-order valence-corrected chi connectivity index (χ2v) is 7.44. The van der Waals surface area contributed by atoms with E-state index < -0.39 is 16.2 Å². The minimum atomic E-state index is -0.998. The van der Waals surface area contributed by atoms with E-state index in [0.29, 0.717) is 0 Å². The summed E-state index contributed by atoms with van der Waals surface area (Å²) in [6.07, 6.45) is 0. The van der Waals surface area contributed by atoms with Gasteiger partial charge in [-0.25, -0.2) is 5.01 Å². The number of rotatable bonds is 6. The molecule has 1 saturated heterocycles. The van der Waals surface area contributed by atoms with Crippen molar-refractivity contribution in [1.29, 1.82) is 0 Å². The van der Waals surface area contributed by atoms with E-state index in [0.717, 1.165) is 16.8 Å². The highest BCUT2D eigenvalue weighted by Gasteiger charge is 2.38. The van der Waals surface area contributed by atoms with Gasteiger partial charge in [0.2, 0.25) is 21.9 Å². The van der Waals surface area contributed by atoms with E-state index in [1.807, 2.05) is 0 Å². The summed E-state index contributed by atoms with van der Waals surface area (Å²) in [5.74, 6) is -0.497. The van der Waals surface area contributed by atoms with Crippen molar-refractivity contribution in [3.63, 3.8) is 0 Å². The summed E-state index contributed by atoms with van der Waals surface area (Å²) in [6, 6.07) is 3.80. The third-order valence-corrected chi connectivity index (χ3v) is 4.98. The lowest BCUT2D eigenvalue weighted by molar-refractivity contribution is -0.384. The Labute approximate surface area is 181 Å². The van der Waals surface area contributed by atoms with Crippen LogP contribution in [-0.4, -0.2) is 47.6 Å². The first kappa shape index (κ1) is 21.0. The van der Waals surface area contributed by atoms with Crippen molar-refractivity contribution in [2.45, 2.75) is 5.37 Å². The predicted octanol–water partition coefficient (Wildman–Crippen LogP) is 3.39. The monoisotopic (exact) mass is 474 g/mol. The van der Waals surface area contributed by atoms with Gasteiger partial charge in [-0.05, 0) is 29.3 Å². The van der Waals surface area contributed by atoms with E-state index in [-0.39, 0.29) is 38.0 Å². The van der Waals surface area contributed by atoms with Gasteiger partial charge in [0.25, 0.3) is 11.6 Å². The van der Waals surface area contributed by atoms with Crippen molar-refractivity contribution in [1.82, 2.24) is 20.0 Å². The minimum absolute atomic E-state index is 0.0825. The Morgan fingerprint density at radius 3 is 2.66 bits per heavy atom. The smallest absolute Gasteiger partial charge is 0.284 e. The highest BCUT2D eigenvalue weighted by atomic mass is 35.5. The van der Waals surface area contributed by atoms with Gasteiger partial charge < -0.3 is 4.74 Å². The number of carbonyl (C=O) groups excluding carboxylic acids is 1. The zero-order chi connectivity index (χ0) is 21.1. The van der Waals surface area contributed by atoms with Crippen molar-refractivity contribution in [3.05, 3.63) is 38.9 Å². The molecule has 1 aromatic heterocycles. The molecule has 1 aromatic carbocycles. The number of hydrogen-bond acceptors (Lipinski definition) is 12. The maximum atomic E-state index is 12.6. The molecule has 12 nitrogen and oxygen atoms in total. The van der Waals surface area contributed by atoms with Crippen LogP contribution in [0.1, 0.15) is 0 Å². The molecule has 1 amide bonds. The second kappa shape index (κ2) is 8.77. The van der Waals surface area contributed by atoms with Crippen LogP contribution in [0.5, 0.6) is 5.75 Å². The van der Waals surface area contributed by atoms with Crippen LogP contribution in [0, 0.1) is 10.1 Å². The molecule has 1 atom stereocenters. The van der Waals surface area contributed by atoms with Crippen LogP contribution in [-0.2, 0) is 4.79 Å². The molecule has 0 spiro atoms. The normalized spacial score (nSPS) is 16.5. The molecule has 0 aliphatic carbocycles. The largest absolute Gasteiger partial charge is 0.494 e. The predicted molar refractivity (Wildman–Crippen MR) is 108 cm³/mol. The number of anilines is 1. The number of non-ortho nitro benzene ring substituents is 1. The van der Waals surface area contributed by atoms with Gasteiger partial charge in [-0.3, -0.25) is 20.3 Å². The van der Waals surface area contributed by atoms with Gasteiger partial charge in [0.05, 0.1) is 18.1 Å². The van der Waals surface area contributed by atoms with Gasteiger partial charge in [0.15, 0.2) is 10.1 Å². The molecule has 2 heterocycles. The van der Waals surface area contributed by atoms with Gasteiger partial charge in [0, 0.05) is 6.07 Å². The molecule has 3 rings (SSSR count). The fourth-order valence-corrected chi connectivity index (χ4v) is 3.53. The Hall–Kier alpha value is -2.68. The summed E-state index contributed by atoms with van der Waals surface area (Å²) in [6.45, 7) is 0.